The second-order valence-electron chi connectivity index (χ2n) is 4.65. The third kappa shape index (κ3) is 3.79. The van der Waals surface area contributed by atoms with E-state index in [0.29, 0.717) is 23.9 Å². The summed E-state index contributed by atoms with van der Waals surface area (Å²) in [6.45, 7) is 6.49. The van der Waals surface area contributed by atoms with Gasteiger partial charge >= 0.3 is 6.08 Å². The number of aryl methyl sites for hydroxylation is 1. The largest absolute Gasteiger partial charge is 0.417 e. The zero-order valence-corrected chi connectivity index (χ0v) is 11.2. The smallest absolute Gasteiger partial charge is 0.399 e. The van der Waals surface area contributed by atoms with Gasteiger partial charge in [-0.2, -0.15) is 4.98 Å². The van der Waals surface area contributed by atoms with E-state index in [1.54, 1.807) is 19.3 Å². The fourth-order valence-corrected chi connectivity index (χ4v) is 1.55. The van der Waals surface area contributed by atoms with Crippen molar-refractivity contribution in [3.63, 3.8) is 0 Å². The lowest BCUT2D eigenvalue weighted by Gasteiger charge is -2.05. The molecule has 1 heterocycles. The highest BCUT2D eigenvalue weighted by atomic mass is 19.1. The van der Waals surface area contributed by atoms with E-state index in [4.69, 9.17) is 9.15 Å². The molecule has 5 heteroatoms. The Labute approximate surface area is 111 Å². The van der Waals surface area contributed by atoms with Gasteiger partial charge in [-0.3, -0.25) is 0 Å². The highest BCUT2D eigenvalue weighted by Crippen LogP contribution is 2.24. The van der Waals surface area contributed by atoms with Crippen LogP contribution in [0.2, 0.25) is 0 Å². The van der Waals surface area contributed by atoms with E-state index in [-0.39, 0.29) is 11.9 Å². The normalized spacial score (nSPS) is 11.0. The van der Waals surface area contributed by atoms with E-state index in [2.05, 4.69) is 24.1 Å². The molecule has 0 saturated heterocycles. The summed E-state index contributed by atoms with van der Waals surface area (Å²) in [5.74, 6) is 0.241. The van der Waals surface area contributed by atoms with E-state index < -0.39 is 0 Å². The first-order valence-electron chi connectivity index (χ1n) is 6.16. The second kappa shape index (κ2) is 5.84. The van der Waals surface area contributed by atoms with Crippen LogP contribution in [-0.4, -0.2) is 11.0 Å². The number of rotatable bonds is 5. The predicted octanol–water partition coefficient (Wildman–Crippen LogP) is 3.41. The van der Waals surface area contributed by atoms with Gasteiger partial charge in [0.2, 0.25) is 0 Å². The molecule has 0 aliphatic rings. The topological polar surface area (TPSA) is 47.3 Å². The molecule has 0 aliphatic carbocycles. The molecule has 19 heavy (non-hydrogen) atoms. The number of oxazole rings is 1. The third-order valence-corrected chi connectivity index (χ3v) is 2.56. The number of nitrogens with zero attached hydrogens (tertiary/aromatic N) is 1. The van der Waals surface area contributed by atoms with Crippen molar-refractivity contribution in [2.75, 3.05) is 0 Å². The number of halogens is 1. The average Bonchev–Trinajstić information content (AvgIpc) is 2.78. The monoisotopic (exact) mass is 264 g/mol. The van der Waals surface area contributed by atoms with Crippen LogP contribution in [0.1, 0.15) is 25.1 Å². The Hall–Kier alpha value is -1.88. The minimum absolute atomic E-state index is 0.162. The van der Waals surface area contributed by atoms with Gasteiger partial charge in [-0.05, 0) is 30.7 Å². The summed E-state index contributed by atoms with van der Waals surface area (Å²) >= 11 is 0. The molecule has 0 fully saturated rings. The minimum Gasteiger partial charge on any atom is -0.417 e. The maximum Gasteiger partial charge on any atom is 0.399 e. The molecule has 2 rings (SSSR count). The molecule has 1 aromatic carbocycles. The summed E-state index contributed by atoms with van der Waals surface area (Å²) in [5.41, 5.74) is 1.46. The van der Waals surface area contributed by atoms with Crippen LogP contribution in [0.15, 0.2) is 28.9 Å². The average molecular weight is 264 g/mol. The summed E-state index contributed by atoms with van der Waals surface area (Å²) in [4.78, 5) is 4.20. The van der Waals surface area contributed by atoms with Crippen molar-refractivity contribution in [3.8, 4) is 11.8 Å². The molecule has 0 unspecified atom stereocenters. The molecular formula is C14H17FN2O2. The quantitative estimate of drug-likeness (QED) is 0.899. The van der Waals surface area contributed by atoms with E-state index in [1.807, 2.05) is 0 Å². The van der Waals surface area contributed by atoms with Gasteiger partial charge in [-0.25, -0.2) is 4.39 Å². The van der Waals surface area contributed by atoms with E-state index in [0.717, 1.165) is 5.69 Å². The number of nitrogens with one attached hydrogen (secondary N) is 1. The number of aromatic nitrogens is 1. The van der Waals surface area contributed by atoms with Gasteiger partial charge < -0.3 is 14.5 Å². The van der Waals surface area contributed by atoms with Crippen molar-refractivity contribution >= 4 is 0 Å². The molecule has 0 amide bonds. The fourth-order valence-electron chi connectivity index (χ4n) is 1.55. The first kappa shape index (κ1) is 13.5. The Bertz CT molecular complexity index is 552. The van der Waals surface area contributed by atoms with Gasteiger partial charge in [0, 0.05) is 12.6 Å². The summed E-state index contributed by atoms with van der Waals surface area (Å²) in [7, 11) is 0. The van der Waals surface area contributed by atoms with E-state index in [9.17, 15) is 4.39 Å². The lowest BCUT2D eigenvalue weighted by molar-refractivity contribution is 0.328. The molecule has 2 aromatic rings. The van der Waals surface area contributed by atoms with Crippen LogP contribution in [0.4, 0.5) is 4.39 Å². The van der Waals surface area contributed by atoms with Gasteiger partial charge in [0.15, 0.2) is 0 Å². The molecule has 0 radical (unpaired) electrons. The van der Waals surface area contributed by atoms with Gasteiger partial charge in [0.05, 0.1) is 5.69 Å². The van der Waals surface area contributed by atoms with Crippen LogP contribution in [0, 0.1) is 12.7 Å². The SMILES string of the molecule is Cc1cc(F)ccc1Oc1nc(CNC(C)C)co1. The van der Waals surface area contributed by atoms with Gasteiger partial charge in [-0.15, -0.1) is 0 Å². The van der Waals surface area contributed by atoms with Gasteiger partial charge in [-0.1, -0.05) is 13.8 Å². The Morgan fingerprint density at radius 2 is 2.21 bits per heavy atom. The number of benzene rings is 1. The molecule has 102 valence electrons. The van der Waals surface area contributed by atoms with Crippen LogP contribution in [0.5, 0.6) is 11.8 Å². The molecule has 0 saturated carbocycles. The van der Waals surface area contributed by atoms with E-state index in [1.165, 1.54) is 12.1 Å². The maximum atomic E-state index is 13.0. The number of ether oxygens (including phenoxy) is 1. The van der Waals surface area contributed by atoms with Gasteiger partial charge in [0.25, 0.3) is 0 Å². The lowest BCUT2D eigenvalue weighted by atomic mass is 10.2. The van der Waals surface area contributed by atoms with Crippen molar-refractivity contribution in [1.29, 1.82) is 0 Å². The molecule has 1 aromatic heterocycles. The molecule has 1 N–H and O–H groups in total. The first-order chi connectivity index (χ1) is 9.04. The first-order valence-corrected chi connectivity index (χ1v) is 6.16. The molecule has 4 nitrogen and oxygen atoms in total. The molecule has 0 spiro atoms. The van der Waals surface area contributed by atoms with Gasteiger partial charge in [0.1, 0.15) is 17.8 Å². The highest BCUT2D eigenvalue weighted by molar-refractivity contribution is 5.34. The lowest BCUT2D eigenvalue weighted by Crippen LogP contribution is -2.21. The van der Waals surface area contributed by atoms with Crippen LogP contribution < -0.4 is 10.1 Å². The van der Waals surface area contributed by atoms with Crippen LogP contribution in [0.3, 0.4) is 0 Å². The predicted molar refractivity (Wildman–Crippen MR) is 69.7 cm³/mol. The Morgan fingerprint density at radius 3 is 2.89 bits per heavy atom. The van der Waals surface area contributed by atoms with Crippen molar-refractivity contribution in [2.45, 2.75) is 33.4 Å². The number of hydrogen-bond donors (Lipinski definition) is 1. The summed E-state index contributed by atoms with van der Waals surface area (Å²) in [5, 5.41) is 3.23. The van der Waals surface area contributed by atoms with E-state index >= 15 is 0 Å². The molecule has 0 aliphatic heterocycles. The Balaban J connectivity index is 2.03. The van der Waals surface area contributed by atoms with Crippen LogP contribution >= 0.6 is 0 Å². The van der Waals surface area contributed by atoms with Crippen molar-refractivity contribution in [1.82, 2.24) is 10.3 Å². The second-order valence-corrected chi connectivity index (χ2v) is 4.65. The molecule has 0 bridgehead atoms. The van der Waals surface area contributed by atoms with Crippen LogP contribution in [-0.2, 0) is 6.54 Å². The standard InChI is InChI=1S/C14H17FN2O2/c1-9(2)16-7-12-8-18-14(17-12)19-13-5-4-11(15)6-10(13)3/h4-6,8-9,16H,7H2,1-3H3. The molecular weight excluding hydrogens is 247 g/mol. The third-order valence-electron chi connectivity index (χ3n) is 2.56. The highest BCUT2D eigenvalue weighted by Gasteiger charge is 2.09. The molecule has 0 atom stereocenters. The number of hydrogen-bond acceptors (Lipinski definition) is 4. The zero-order chi connectivity index (χ0) is 13.8. The summed E-state index contributed by atoms with van der Waals surface area (Å²) in [6, 6.07) is 4.67. The Kier molecular flexibility index (Phi) is 4.16. The summed E-state index contributed by atoms with van der Waals surface area (Å²) in [6.07, 6.45) is 1.71. The van der Waals surface area contributed by atoms with Crippen molar-refractivity contribution in [2.24, 2.45) is 0 Å². The zero-order valence-electron chi connectivity index (χ0n) is 11.2. The Morgan fingerprint density at radius 1 is 1.42 bits per heavy atom. The van der Waals surface area contributed by atoms with Crippen molar-refractivity contribution < 1.29 is 13.5 Å². The minimum atomic E-state index is -0.293. The van der Waals surface area contributed by atoms with Crippen molar-refractivity contribution in [3.05, 3.63) is 41.5 Å². The summed E-state index contributed by atoms with van der Waals surface area (Å²) < 4.78 is 23.7. The fraction of sp³-hybridized carbons (Fsp3) is 0.357. The maximum absolute atomic E-state index is 13.0. The van der Waals surface area contributed by atoms with Crippen LogP contribution in [0.25, 0.3) is 0 Å².